The largest absolute Gasteiger partial charge is 0.370 e. The molecule has 1 aliphatic heterocycles. The summed E-state index contributed by atoms with van der Waals surface area (Å²) in [5.41, 5.74) is 2.12. The lowest BCUT2D eigenvalue weighted by atomic mass is 10.1. The zero-order valence-electron chi connectivity index (χ0n) is 10.2. The normalized spacial score (nSPS) is 22.3. The van der Waals surface area contributed by atoms with E-state index in [2.05, 4.69) is 27.1 Å². The minimum atomic E-state index is 0.603. The van der Waals surface area contributed by atoms with Crippen LogP contribution in [0.2, 0.25) is 0 Å². The monoisotopic (exact) mass is 240 g/mol. The van der Waals surface area contributed by atoms with E-state index in [1.54, 1.807) is 6.20 Å². The molecule has 0 saturated heterocycles. The summed E-state index contributed by atoms with van der Waals surface area (Å²) in [6.45, 7) is 1.07. The van der Waals surface area contributed by atoms with Gasteiger partial charge in [0.15, 0.2) is 0 Å². The predicted molar refractivity (Wildman–Crippen MR) is 70.3 cm³/mol. The van der Waals surface area contributed by atoms with Gasteiger partial charge in [0.2, 0.25) is 0 Å². The fraction of sp³-hybridized carbons (Fsp3) is 0.429. The Balaban J connectivity index is 1.75. The van der Waals surface area contributed by atoms with Gasteiger partial charge in [0, 0.05) is 30.6 Å². The van der Waals surface area contributed by atoms with E-state index in [0.29, 0.717) is 6.04 Å². The number of hydrogen-bond acceptors (Lipinski definition) is 3. The van der Waals surface area contributed by atoms with Crippen molar-refractivity contribution < 1.29 is 0 Å². The number of fused-ring (bicyclic) bond motifs is 1. The van der Waals surface area contributed by atoms with Crippen LogP contribution in [0.15, 0.2) is 30.6 Å². The second kappa shape index (κ2) is 3.83. The molecular formula is C14H16N4. The summed E-state index contributed by atoms with van der Waals surface area (Å²) >= 11 is 0. The second-order valence-corrected chi connectivity index (χ2v) is 5.22. The van der Waals surface area contributed by atoms with Gasteiger partial charge in [-0.15, -0.1) is 0 Å². The third-order valence-corrected chi connectivity index (χ3v) is 3.92. The maximum atomic E-state index is 4.78. The number of aromatic nitrogens is 3. The van der Waals surface area contributed by atoms with Gasteiger partial charge >= 0.3 is 0 Å². The second-order valence-electron chi connectivity index (χ2n) is 5.22. The molecule has 1 fully saturated rings. The van der Waals surface area contributed by atoms with Crippen LogP contribution in [-0.4, -0.2) is 21.3 Å². The number of rotatable bonds is 2. The van der Waals surface area contributed by atoms with Gasteiger partial charge in [-0.25, -0.2) is 4.68 Å². The highest BCUT2D eigenvalue weighted by atomic mass is 15.4. The third kappa shape index (κ3) is 1.60. The van der Waals surface area contributed by atoms with Crippen molar-refractivity contribution in [2.75, 3.05) is 11.9 Å². The van der Waals surface area contributed by atoms with Crippen LogP contribution in [0.3, 0.4) is 0 Å². The Labute approximate surface area is 106 Å². The van der Waals surface area contributed by atoms with E-state index in [0.717, 1.165) is 29.5 Å². The van der Waals surface area contributed by atoms with Gasteiger partial charge in [-0.1, -0.05) is 0 Å². The summed E-state index contributed by atoms with van der Waals surface area (Å²) in [6, 6.07) is 6.77. The number of hydrogen-bond donors (Lipinski definition) is 1. The van der Waals surface area contributed by atoms with Crippen LogP contribution in [0, 0.1) is 5.92 Å². The van der Waals surface area contributed by atoms with Crippen molar-refractivity contribution in [3.05, 3.63) is 30.6 Å². The number of pyridine rings is 1. The van der Waals surface area contributed by atoms with Gasteiger partial charge in [0.25, 0.3) is 0 Å². The summed E-state index contributed by atoms with van der Waals surface area (Å²) in [5.74, 6) is 2.02. The van der Waals surface area contributed by atoms with Crippen molar-refractivity contribution in [3.63, 3.8) is 0 Å². The highest BCUT2D eigenvalue weighted by molar-refractivity contribution is 5.62. The third-order valence-electron chi connectivity index (χ3n) is 3.92. The Hall–Kier alpha value is -1.84. The number of nitrogens with zero attached hydrogens (tertiary/aromatic N) is 3. The van der Waals surface area contributed by atoms with E-state index < -0.39 is 0 Å². The Morgan fingerprint density at radius 3 is 3.00 bits per heavy atom. The molecular weight excluding hydrogens is 224 g/mol. The first kappa shape index (κ1) is 10.1. The Bertz CT molecular complexity index is 556. The SMILES string of the molecule is c1cncc(-c2cc3n(n2)C(C2CC2)CCN3)c1. The van der Waals surface area contributed by atoms with E-state index in [1.165, 1.54) is 19.3 Å². The highest BCUT2D eigenvalue weighted by Gasteiger charge is 2.35. The molecule has 1 aliphatic carbocycles. The smallest absolute Gasteiger partial charge is 0.125 e. The molecule has 2 aliphatic rings. The minimum Gasteiger partial charge on any atom is -0.370 e. The molecule has 4 heteroatoms. The average molecular weight is 240 g/mol. The molecule has 92 valence electrons. The first-order chi connectivity index (χ1) is 8.92. The van der Waals surface area contributed by atoms with Crippen molar-refractivity contribution in [2.45, 2.75) is 25.3 Å². The maximum absolute atomic E-state index is 4.78. The number of anilines is 1. The summed E-state index contributed by atoms with van der Waals surface area (Å²) in [4.78, 5) is 4.16. The molecule has 1 atom stereocenters. The topological polar surface area (TPSA) is 42.7 Å². The molecule has 2 aromatic rings. The highest BCUT2D eigenvalue weighted by Crippen LogP contribution is 2.44. The fourth-order valence-electron chi connectivity index (χ4n) is 2.82. The molecule has 0 amide bonds. The van der Waals surface area contributed by atoms with Gasteiger partial charge in [-0.05, 0) is 37.3 Å². The summed E-state index contributed by atoms with van der Waals surface area (Å²) < 4.78 is 2.20. The predicted octanol–water partition coefficient (Wildman–Crippen LogP) is 2.71. The van der Waals surface area contributed by atoms with Crippen LogP contribution in [-0.2, 0) is 0 Å². The van der Waals surface area contributed by atoms with Gasteiger partial charge < -0.3 is 5.32 Å². The standard InChI is InChI=1S/C14H16N4/c1-2-11(9-15-6-1)12-8-14-16-7-5-13(10-3-4-10)18(14)17-12/h1-2,6,8-10,13,16H,3-5,7H2. The van der Waals surface area contributed by atoms with Gasteiger partial charge in [0.1, 0.15) is 5.82 Å². The van der Waals surface area contributed by atoms with Gasteiger partial charge in [0.05, 0.1) is 11.7 Å². The van der Waals surface area contributed by atoms with Crippen molar-refractivity contribution >= 4 is 5.82 Å². The quantitative estimate of drug-likeness (QED) is 0.877. The van der Waals surface area contributed by atoms with Crippen LogP contribution < -0.4 is 5.32 Å². The first-order valence-corrected chi connectivity index (χ1v) is 6.65. The molecule has 1 N–H and O–H groups in total. The van der Waals surface area contributed by atoms with Crippen molar-refractivity contribution in [2.24, 2.45) is 5.92 Å². The molecule has 0 bridgehead atoms. The Morgan fingerprint density at radius 2 is 2.22 bits per heavy atom. The molecule has 1 unspecified atom stereocenters. The van der Waals surface area contributed by atoms with Crippen LogP contribution in [0.5, 0.6) is 0 Å². The maximum Gasteiger partial charge on any atom is 0.125 e. The summed E-state index contributed by atoms with van der Waals surface area (Å²) in [5, 5.41) is 8.22. The van der Waals surface area contributed by atoms with E-state index in [9.17, 15) is 0 Å². The number of nitrogens with one attached hydrogen (secondary N) is 1. The lowest BCUT2D eigenvalue weighted by Gasteiger charge is -2.25. The van der Waals surface area contributed by atoms with E-state index >= 15 is 0 Å². The lowest BCUT2D eigenvalue weighted by molar-refractivity contribution is 0.376. The van der Waals surface area contributed by atoms with Crippen LogP contribution in [0.4, 0.5) is 5.82 Å². The molecule has 0 spiro atoms. The van der Waals surface area contributed by atoms with Gasteiger partial charge in [-0.2, -0.15) is 5.10 Å². The molecule has 18 heavy (non-hydrogen) atoms. The molecule has 0 radical (unpaired) electrons. The summed E-state index contributed by atoms with van der Waals surface area (Å²) in [7, 11) is 0. The van der Waals surface area contributed by atoms with E-state index in [-0.39, 0.29) is 0 Å². The Morgan fingerprint density at radius 1 is 1.28 bits per heavy atom. The molecule has 2 aromatic heterocycles. The van der Waals surface area contributed by atoms with Crippen molar-refractivity contribution in [1.29, 1.82) is 0 Å². The van der Waals surface area contributed by atoms with Crippen LogP contribution in [0.1, 0.15) is 25.3 Å². The molecule has 0 aromatic carbocycles. The summed E-state index contributed by atoms with van der Waals surface area (Å²) in [6.07, 6.45) is 7.61. The zero-order chi connectivity index (χ0) is 11.9. The van der Waals surface area contributed by atoms with E-state index in [4.69, 9.17) is 5.10 Å². The molecule has 1 saturated carbocycles. The van der Waals surface area contributed by atoms with Gasteiger partial charge in [-0.3, -0.25) is 4.98 Å². The van der Waals surface area contributed by atoms with Crippen LogP contribution in [0.25, 0.3) is 11.3 Å². The molecule has 4 rings (SSSR count). The lowest BCUT2D eigenvalue weighted by Crippen LogP contribution is -2.24. The van der Waals surface area contributed by atoms with E-state index in [1.807, 2.05) is 12.3 Å². The molecule has 3 heterocycles. The van der Waals surface area contributed by atoms with Crippen LogP contribution >= 0.6 is 0 Å². The fourth-order valence-corrected chi connectivity index (χ4v) is 2.82. The Kier molecular flexibility index (Phi) is 2.15. The molecule has 4 nitrogen and oxygen atoms in total. The van der Waals surface area contributed by atoms with Crippen molar-refractivity contribution in [3.8, 4) is 11.3 Å². The van der Waals surface area contributed by atoms with Crippen molar-refractivity contribution in [1.82, 2.24) is 14.8 Å². The first-order valence-electron chi connectivity index (χ1n) is 6.65. The minimum absolute atomic E-state index is 0.603. The average Bonchev–Trinajstić information content (AvgIpc) is 3.17. The zero-order valence-corrected chi connectivity index (χ0v) is 10.2.